The smallest absolute Gasteiger partial charge is 0.0461 e. The SMILES string of the molecule is CCCC(CCO)C(CC)CO. The van der Waals surface area contributed by atoms with Crippen LogP contribution in [-0.2, 0) is 0 Å². The lowest BCUT2D eigenvalue weighted by atomic mass is 9.85. The van der Waals surface area contributed by atoms with E-state index in [0.717, 1.165) is 25.7 Å². The van der Waals surface area contributed by atoms with Gasteiger partial charge in [0.15, 0.2) is 0 Å². The van der Waals surface area contributed by atoms with Crippen LogP contribution in [0.15, 0.2) is 0 Å². The van der Waals surface area contributed by atoms with Gasteiger partial charge in [0.05, 0.1) is 0 Å². The minimum absolute atomic E-state index is 0.251. The molecule has 0 spiro atoms. The molecule has 0 aliphatic heterocycles. The molecule has 0 saturated heterocycles. The van der Waals surface area contributed by atoms with Crippen molar-refractivity contribution in [3.8, 4) is 0 Å². The van der Waals surface area contributed by atoms with Crippen molar-refractivity contribution < 1.29 is 10.2 Å². The Hall–Kier alpha value is -0.0800. The highest BCUT2D eigenvalue weighted by atomic mass is 16.3. The molecule has 0 aromatic carbocycles. The largest absolute Gasteiger partial charge is 0.396 e. The molecule has 2 atom stereocenters. The number of hydrogen-bond donors (Lipinski definition) is 2. The third kappa shape index (κ3) is 4.07. The zero-order valence-corrected chi connectivity index (χ0v) is 8.29. The van der Waals surface area contributed by atoms with Crippen LogP contribution in [0.3, 0.4) is 0 Å². The highest BCUT2D eigenvalue weighted by Crippen LogP contribution is 2.23. The minimum Gasteiger partial charge on any atom is -0.396 e. The van der Waals surface area contributed by atoms with Gasteiger partial charge in [-0.15, -0.1) is 0 Å². The molecule has 0 bridgehead atoms. The molecule has 0 radical (unpaired) electrons. The molecule has 0 aliphatic carbocycles. The van der Waals surface area contributed by atoms with Crippen LogP contribution >= 0.6 is 0 Å². The monoisotopic (exact) mass is 174 g/mol. The van der Waals surface area contributed by atoms with Gasteiger partial charge in [0, 0.05) is 13.2 Å². The van der Waals surface area contributed by atoms with Crippen LogP contribution in [0.4, 0.5) is 0 Å². The standard InChI is InChI=1S/C10H22O2/c1-3-5-10(6-7-11)9(4-2)8-12/h9-12H,3-8H2,1-2H3. The number of aliphatic hydroxyl groups excluding tert-OH is 2. The third-order valence-corrected chi connectivity index (χ3v) is 2.58. The Balaban J connectivity index is 3.86. The van der Waals surface area contributed by atoms with Crippen LogP contribution in [0.1, 0.15) is 39.5 Å². The van der Waals surface area contributed by atoms with E-state index < -0.39 is 0 Å². The van der Waals surface area contributed by atoms with Crippen molar-refractivity contribution in [3.63, 3.8) is 0 Å². The lowest BCUT2D eigenvalue weighted by Crippen LogP contribution is -2.19. The summed E-state index contributed by atoms with van der Waals surface area (Å²) in [5.74, 6) is 0.895. The molecule has 2 N–H and O–H groups in total. The van der Waals surface area contributed by atoms with E-state index in [4.69, 9.17) is 10.2 Å². The fraction of sp³-hybridized carbons (Fsp3) is 1.00. The van der Waals surface area contributed by atoms with Gasteiger partial charge in [-0.2, -0.15) is 0 Å². The Labute approximate surface area is 75.6 Å². The first-order valence-corrected chi connectivity index (χ1v) is 5.01. The predicted molar refractivity (Wildman–Crippen MR) is 51.0 cm³/mol. The molecular weight excluding hydrogens is 152 g/mol. The van der Waals surface area contributed by atoms with Crippen LogP contribution in [0, 0.1) is 11.8 Å². The summed E-state index contributed by atoms with van der Waals surface area (Å²) in [5, 5.41) is 17.9. The van der Waals surface area contributed by atoms with Crippen molar-refractivity contribution in [1.82, 2.24) is 0 Å². The van der Waals surface area contributed by atoms with Gasteiger partial charge in [-0.1, -0.05) is 33.1 Å². The summed E-state index contributed by atoms with van der Waals surface area (Å²) in [4.78, 5) is 0. The van der Waals surface area contributed by atoms with Crippen LogP contribution < -0.4 is 0 Å². The first-order valence-electron chi connectivity index (χ1n) is 5.01. The summed E-state index contributed by atoms with van der Waals surface area (Å²) >= 11 is 0. The fourth-order valence-electron chi connectivity index (χ4n) is 1.76. The average molecular weight is 174 g/mol. The summed E-state index contributed by atoms with van der Waals surface area (Å²) in [7, 11) is 0. The molecule has 2 nitrogen and oxygen atoms in total. The van der Waals surface area contributed by atoms with Gasteiger partial charge >= 0.3 is 0 Å². The van der Waals surface area contributed by atoms with Crippen LogP contribution in [0.5, 0.6) is 0 Å². The first-order chi connectivity index (χ1) is 5.79. The second kappa shape index (κ2) is 7.56. The molecule has 0 aromatic heterocycles. The Morgan fingerprint density at radius 1 is 1.00 bits per heavy atom. The molecule has 0 heterocycles. The summed E-state index contributed by atoms with van der Waals surface area (Å²) in [6.07, 6.45) is 4.12. The number of aliphatic hydroxyl groups is 2. The van der Waals surface area contributed by atoms with E-state index in [0.29, 0.717) is 11.8 Å². The molecule has 12 heavy (non-hydrogen) atoms. The minimum atomic E-state index is 0.251. The Bertz CT molecular complexity index is 83.8. The first kappa shape index (κ1) is 11.9. The highest BCUT2D eigenvalue weighted by molar-refractivity contribution is 4.67. The van der Waals surface area contributed by atoms with Gasteiger partial charge in [0.2, 0.25) is 0 Å². The summed E-state index contributed by atoms with van der Waals surface area (Å²) < 4.78 is 0. The Morgan fingerprint density at radius 3 is 2.00 bits per heavy atom. The molecule has 0 rings (SSSR count). The molecule has 0 saturated carbocycles. The molecule has 2 unspecified atom stereocenters. The molecular formula is C10H22O2. The maximum Gasteiger partial charge on any atom is 0.0461 e. The second-order valence-electron chi connectivity index (χ2n) is 3.41. The van der Waals surface area contributed by atoms with Gasteiger partial charge in [-0.25, -0.2) is 0 Å². The van der Waals surface area contributed by atoms with Crippen molar-refractivity contribution in [1.29, 1.82) is 0 Å². The normalized spacial score (nSPS) is 16.0. The van der Waals surface area contributed by atoms with Crippen molar-refractivity contribution in [2.24, 2.45) is 11.8 Å². The highest BCUT2D eigenvalue weighted by Gasteiger charge is 2.17. The van der Waals surface area contributed by atoms with Crippen LogP contribution in [0.2, 0.25) is 0 Å². The third-order valence-electron chi connectivity index (χ3n) is 2.58. The molecule has 2 heteroatoms. The quantitative estimate of drug-likeness (QED) is 0.618. The van der Waals surface area contributed by atoms with E-state index in [2.05, 4.69) is 13.8 Å². The van der Waals surface area contributed by atoms with Gasteiger partial charge in [0.25, 0.3) is 0 Å². The van der Waals surface area contributed by atoms with E-state index in [1.54, 1.807) is 0 Å². The van der Waals surface area contributed by atoms with Crippen LogP contribution in [-0.4, -0.2) is 23.4 Å². The lowest BCUT2D eigenvalue weighted by molar-refractivity contribution is 0.139. The summed E-state index contributed by atoms with van der Waals surface area (Å²) in [6.45, 7) is 4.76. The molecule has 0 amide bonds. The van der Waals surface area contributed by atoms with Crippen LogP contribution in [0.25, 0.3) is 0 Å². The van der Waals surface area contributed by atoms with Crippen molar-refractivity contribution >= 4 is 0 Å². The summed E-state index contributed by atoms with van der Waals surface area (Å²) in [6, 6.07) is 0. The Morgan fingerprint density at radius 2 is 1.67 bits per heavy atom. The van der Waals surface area contributed by atoms with Crippen molar-refractivity contribution in [3.05, 3.63) is 0 Å². The van der Waals surface area contributed by atoms with E-state index >= 15 is 0 Å². The fourth-order valence-corrected chi connectivity index (χ4v) is 1.76. The second-order valence-corrected chi connectivity index (χ2v) is 3.41. The summed E-state index contributed by atoms with van der Waals surface area (Å²) in [5.41, 5.74) is 0. The maximum absolute atomic E-state index is 9.07. The van der Waals surface area contributed by atoms with Gasteiger partial charge in [0.1, 0.15) is 0 Å². The van der Waals surface area contributed by atoms with Gasteiger partial charge < -0.3 is 10.2 Å². The molecule has 74 valence electrons. The van der Waals surface area contributed by atoms with Crippen molar-refractivity contribution in [2.75, 3.05) is 13.2 Å². The zero-order chi connectivity index (χ0) is 9.40. The van der Waals surface area contributed by atoms with E-state index in [9.17, 15) is 0 Å². The topological polar surface area (TPSA) is 40.5 Å². The molecule has 0 aromatic rings. The Kier molecular flexibility index (Phi) is 7.51. The van der Waals surface area contributed by atoms with E-state index in [1.807, 2.05) is 0 Å². The maximum atomic E-state index is 9.07. The van der Waals surface area contributed by atoms with E-state index in [-0.39, 0.29) is 13.2 Å². The zero-order valence-electron chi connectivity index (χ0n) is 8.29. The van der Waals surface area contributed by atoms with Crippen molar-refractivity contribution in [2.45, 2.75) is 39.5 Å². The number of hydrogen-bond acceptors (Lipinski definition) is 2. The average Bonchev–Trinajstić information content (AvgIpc) is 2.07. The van der Waals surface area contributed by atoms with Gasteiger partial charge in [-0.3, -0.25) is 0 Å². The van der Waals surface area contributed by atoms with E-state index in [1.165, 1.54) is 0 Å². The lowest BCUT2D eigenvalue weighted by Gasteiger charge is -2.23. The number of rotatable bonds is 7. The molecule has 0 aliphatic rings. The predicted octanol–water partition coefficient (Wildman–Crippen LogP) is 1.80. The van der Waals surface area contributed by atoms with Gasteiger partial charge in [-0.05, 0) is 18.3 Å². The molecule has 0 fully saturated rings.